The first kappa shape index (κ1) is 23.5. The van der Waals surface area contributed by atoms with E-state index in [2.05, 4.69) is 9.98 Å². The predicted molar refractivity (Wildman–Crippen MR) is 126 cm³/mol. The molecular weight excluding hydrogens is 478 g/mol. The number of rotatable bonds is 2. The van der Waals surface area contributed by atoms with Gasteiger partial charge in [0.2, 0.25) is 0 Å². The normalized spacial score (nSPS) is 13.6. The maximum atomic E-state index is 13.6. The van der Waals surface area contributed by atoms with Crippen LogP contribution in [0.5, 0.6) is 0 Å². The van der Waals surface area contributed by atoms with Crippen LogP contribution < -0.4 is 0 Å². The second-order valence-corrected chi connectivity index (χ2v) is 8.11. The molecule has 0 atom stereocenters. The van der Waals surface area contributed by atoms with E-state index in [0.717, 1.165) is 24.3 Å². The van der Waals surface area contributed by atoms with Crippen molar-refractivity contribution in [1.82, 2.24) is 0 Å². The molecule has 8 heteroatoms. The van der Waals surface area contributed by atoms with Crippen LogP contribution in [0.4, 0.5) is 37.7 Å². The summed E-state index contributed by atoms with van der Waals surface area (Å²) >= 11 is 0. The van der Waals surface area contributed by atoms with Gasteiger partial charge in [-0.2, -0.15) is 26.3 Å². The largest absolute Gasteiger partial charge is 0.416 e. The van der Waals surface area contributed by atoms with Crippen molar-refractivity contribution in [2.24, 2.45) is 9.98 Å². The molecule has 0 saturated heterocycles. The minimum atomic E-state index is -4.61. The molecule has 0 N–H and O–H groups in total. The summed E-state index contributed by atoms with van der Waals surface area (Å²) in [5, 5.41) is 0. The Morgan fingerprint density at radius 1 is 0.444 bits per heavy atom. The van der Waals surface area contributed by atoms with Crippen molar-refractivity contribution in [3.8, 4) is 0 Å². The Hall–Kier alpha value is -4.20. The Balaban J connectivity index is 1.87. The van der Waals surface area contributed by atoms with Crippen LogP contribution in [0.25, 0.3) is 0 Å². The maximum Gasteiger partial charge on any atom is 0.416 e. The number of halogens is 6. The van der Waals surface area contributed by atoms with Crippen molar-refractivity contribution in [2.75, 3.05) is 0 Å². The standard InChI is InChI=1S/C28H16F6N2/c29-27(30,31)19-11-13-23-21(15-19)25(17-7-3-1-4-8-17)35-24-14-12-20(28(32,33)34)16-22(24)26(36-23)18-9-5-2-6-10-18/h1-16H. The van der Waals surface area contributed by atoms with E-state index >= 15 is 0 Å². The molecule has 36 heavy (non-hydrogen) atoms. The number of alkyl halides is 6. The molecule has 0 radical (unpaired) electrons. The molecule has 0 spiro atoms. The number of hydrogen-bond donors (Lipinski definition) is 0. The zero-order valence-electron chi connectivity index (χ0n) is 18.4. The van der Waals surface area contributed by atoms with Gasteiger partial charge in [-0.25, -0.2) is 9.98 Å². The average Bonchev–Trinajstić information content (AvgIpc) is 2.85. The van der Waals surface area contributed by atoms with E-state index < -0.39 is 23.5 Å². The maximum absolute atomic E-state index is 13.6. The zero-order chi connectivity index (χ0) is 25.5. The number of fused-ring (bicyclic) bond motifs is 2. The molecule has 180 valence electrons. The smallest absolute Gasteiger partial charge is 0.247 e. The summed E-state index contributed by atoms with van der Waals surface area (Å²) in [6.07, 6.45) is -9.21. The molecule has 1 aliphatic heterocycles. The van der Waals surface area contributed by atoms with Gasteiger partial charge in [-0.15, -0.1) is 0 Å². The highest BCUT2D eigenvalue weighted by atomic mass is 19.4. The highest BCUT2D eigenvalue weighted by molar-refractivity contribution is 6.22. The van der Waals surface area contributed by atoms with E-state index in [1.165, 1.54) is 12.1 Å². The Labute approximate surface area is 202 Å². The van der Waals surface area contributed by atoms with Gasteiger partial charge < -0.3 is 0 Å². The first-order chi connectivity index (χ1) is 17.1. The summed E-state index contributed by atoms with van der Waals surface area (Å²) in [6, 6.07) is 23.2. The average molecular weight is 494 g/mol. The number of aliphatic imine (C=N–C) groups is 2. The molecule has 1 heterocycles. The first-order valence-electron chi connectivity index (χ1n) is 10.8. The third kappa shape index (κ3) is 4.54. The van der Waals surface area contributed by atoms with E-state index in [-0.39, 0.29) is 33.9 Å². The molecule has 0 unspecified atom stereocenters. The molecule has 0 amide bonds. The fraction of sp³-hybridized carbons (Fsp3) is 0.0714. The second-order valence-electron chi connectivity index (χ2n) is 8.11. The molecule has 0 fully saturated rings. The van der Waals surface area contributed by atoms with Crippen molar-refractivity contribution in [3.63, 3.8) is 0 Å². The summed E-state index contributed by atoms with van der Waals surface area (Å²) in [5.74, 6) is 0. The van der Waals surface area contributed by atoms with Crippen molar-refractivity contribution >= 4 is 22.8 Å². The number of benzene rings is 4. The van der Waals surface area contributed by atoms with E-state index in [0.29, 0.717) is 11.1 Å². The molecular formula is C28H16F6N2. The molecule has 4 aromatic carbocycles. The lowest BCUT2D eigenvalue weighted by atomic mass is 9.94. The van der Waals surface area contributed by atoms with E-state index in [1.54, 1.807) is 60.7 Å². The van der Waals surface area contributed by atoms with Crippen molar-refractivity contribution in [1.29, 1.82) is 0 Å². The second kappa shape index (κ2) is 8.78. The molecule has 0 saturated carbocycles. The third-order valence-corrected chi connectivity index (χ3v) is 5.72. The fourth-order valence-corrected chi connectivity index (χ4v) is 3.99. The summed E-state index contributed by atoms with van der Waals surface area (Å²) < 4.78 is 81.7. The molecule has 0 aromatic heterocycles. The van der Waals surface area contributed by atoms with Gasteiger partial charge in [0, 0.05) is 22.3 Å². The van der Waals surface area contributed by atoms with Crippen LogP contribution in [0.1, 0.15) is 33.4 Å². The predicted octanol–water partition coefficient (Wildman–Crippen LogP) is 8.38. The lowest BCUT2D eigenvalue weighted by Gasteiger charge is -2.20. The van der Waals surface area contributed by atoms with Crippen LogP contribution in [0.2, 0.25) is 0 Å². The fourth-order valence-electron chi connectivity index (χ4n) is 3.99. The van der Waals surface area contributed by atoms with Gasteiger partial charge in [0.15, 0.2) is 0 Å². The Morgan fingerprint density at radius 2 is 0.806 bits per heavy atom. The summed E-state index contributed by atoms with van der Waals surface area (Å²) in [5.41, 5.74) is 0.154. The van der Waals surface area contributed by atoms with Gasteiger partial charge in [0.25, 0.3) is 0 Å². The van der Waals surface area contributed by atoms with E-state index in [9.17, 15) is 26.3 Å². The SMILES string of the molecule is FC(F)(F)c1ccc2c(c1)C(c1ccccc1)=Nc1ccc(C(F)(F)F)cc1C(c1ccccc1)=N2. The molecule has 5 rings (SSSR count). The quantitative estimate of drug-likeness (QED) is 0.220. The lowest BCUT2D eigenvalue weighted by Crippen LogP contribution is -2.14. The molecule has 2 nitrogen and oxygen atoms in total. The monoisotopic (exact) mass is 494 g/mol. The molecule has 0 aliphatic carbocycles. The molecule has 0 bridgehead atoms. The molecule has 4 aromatic rings. The Morgan fingerprint density at radius 3 is 1.14 bits per heavy atom. The van der Waals surface area contributed by atoms with Crippen LogP contribution in [-0.4, -0.2) is 11.4 Å². The topological polar surface area (TPSA) is 24.7 Å². The number of nitrogens with zero attached hydrogens (tertiary/aromatic N) is 2. The van der Waals surface area contributed by atoms with Gasteiger partial charge in [0.05, 0.1) is 33.9 Å². The van der Waals surface area contributed by atoms with Crippen molar-refractivity contribution in [3.05, 3.63) is 130 Å². The van der Waals surface area contributed by atoms with Crippen LogP contribution in [0, 0.1) is 0 Å². The van der Waals surface area contributed by atoms with E-state index in [1.807, 2.05) is 0 Å². The van der Waals surface area contributed by atoms with Gasteiger partial charge in [-0.3, -0.25) is 0 Å². The van der Waals surface area contributed by atoms with Gasteiger partial charge >= 0.3 is 12.4 Å². The van der Waals surface area contributed by atoms with Gasteiger partial charge in [-0.1, -0.05) is 60.7 Å². The Kier molecular flexibility index (Phi) is 5.74. The highest BCUT2D eigenvalue weighted by Gasteiger charge is 2.34. The van der Waals surface area contributed by atoms with Gasteiger partial charge in [-0.05, 0) is 36.4 Å². The minimum absolute atomic E-state index is 0.120. The summed E-state index contributed by atoms with van der Waals surface area (Å²) in [6.45, 7) is 0. The lowest BCUT2D eigenvalue weighted by molar-refractivity contribution is -0.138. The summed E-state index contributed by atoms with van der Waals surface area (Å²) in [7, 11) is 0. The van der Waals surface area contributed by atoms with Crippen LogP contribution in [0.15, 0.2) is 107 Å². The zero-order valence-corrected chi connectivity index (χ0v) is 18.4. The van der Waals surface area contributed by atoms with Crippen LogP contribution >= 0.6 is 0 Å². The van der Waals surface area contributed by atoms with E-state index in [4.69, 9.17) is 0 Å². The number of hydrogen-bond acceptors (Lipinski definition) is 2. The van der Waals surface area contributed by atoms with Crippen LogP contribution in [-0.2, 0) is 12.4 Å². The molecule has 1 aliphatic rings. The minimum Gasteiger partial charge on any atom is -0.247 e. The third-order valence-electron chi connectivity index (χ3n) is 5.72. The van der Waals surface area contributed by atoms with Crippen molar-refractivity contribution in [2.45, 2.75) is 12.4 Å². The Bertz CT molecular complexity index is 1370. The first-order valence-corrected chi connectivity index (χ1v) is 10.8. The highest BCUT2D eigenvalue weighted by Crippen LogP contribution is 2.39. The summed E-state index contributed by atoms with van der Waals surface area (Å²) in [4.78, 5) is 9.27. The van der Waals surface area contributed by atoms with Crippen LogP contribution in [0.3, 0.4) is 0 Å². The van der Waals surface area contributed by atoms with Crippen molar-refractivity contribution < 1.29 is 26.3 Å². The van der Waals surface area contributed by atoms with Gasteiger partial charge in [0.1, 0.15) is 0 Å².